The summed E-state index contributed by atoms with van der Waals surface area (Å²) in [6.45, 7) is 0. The van der Waals surface area contributed by atoms with Gasteiger partial charge in [0, 0.05) is 0 Å². The second-order valence-corrected chi connectivity index (χ2v) is 5.68. The molecule has 0 aromatic rings. The Morgan fingerprint density at radius 3 is 1.30 bits per heavy atom. The van der Waals surface area contributed by atoms with E-state index in [9.17, 15) is 26.3 Å². The Bertz CT molecular complexity index is 376. The number of hydrogen-bond donors (Lipinski definition) is 2. The predicted molar refractivity (Wildman–Crippen MR) is 57.9 cm³/mol. The van der Waals surface area contributed by atoms with E-state index in [1.54, 1.807) is 0 Å². The Morgan fingerprint density at radius 1 is 1.00 bits per heavy atom. The van der Waals surface area contributed by atoms with Crippen LogP contribution in [0.25, 0.3) is 0 Å². The largest absolute Gasteiger partial charge is 0.522 e. The van der Waals surface area contributed by atoms with Gasteiger partial charge >= 0.3 is 27.8 Å². The minimum atomic E-state index is -5.84. The van der Waals surface area contributed by atoms with Crippen LogP contribution in [0.2, 0.25) is 0 Å². The smallest absolute Gasteiger partial charge is 0.475 e. The fourth-order valence-corrected chi connectivity index (χ4v) is 1.53. The minimum Gasteiger partial charge on any atom is -0.475 e. The third-order valence-electron chi connectivity index (χ3n) is 1.36. The first-order valence-electron chi connectivity index (χ1n) is 4.61. The highest BCUT2D eigenvalue weighted by Crippen LogP contribution is 2.20. The molecule has 1 aliphatic rings. The Kier molecular flexibility index (Phi) is 9.25. The van der Waals surface area contributed by atoms with Crippen molar-refractivity contribution in [3.8, 4) is 0 Å². The van der Waals surface area contributed by atoms with E-state index < -0.39 is 27.8 Å². The highest BCUT2D eigenvalue weighted by Gasteiger charge is 2.44. The molecule has 0 aliphatic carbocycles. The molecule has 0 aromatic carbocycles. The second kappa shape index (κ2) is 8.56. The van der Waals surface area contributed by atoms with Gasteiger partial charge < -0.3 is 5.11 Å². The highest BCUT2D eigenvalue weighted by atomic mass is 32.2. The molecular formula is C7H10F6O5S2. The Morgan fingerprint density at radius 2 is 1.25 bits per heavy atom. The number of aliphatic carboxylic acids is 1. The number of thioether (sulfide) groups is 1. The van der Waals surface area contributed by atoms with Gasteiger partial charge in [0.25, 0.3) is 0 Å². The van der Waals surface area contributed by atoms with Gasteiger partial charge in [-0.2, -0.15) is 46.5 Å². The lowest BCUT2D eigenvalue weighted by molar-refractivity contribution is -0.192. The topological polar surface area (TPSA) is 91.7 Å². The van der Waals surface area contributed by atoms with Crippen LogP contribution in [0.4, 0.5) is 26.3 Å². The summed E-state index contributed by atoms with van der Waals surface area (Å²) >= 11 is 2.07. The summed E-state index contributed by atoms with van der Waals surface area (Å²) in [7, 11) is -5.84. The lowest BCUT2D eigenvalue weighted by Gasteiger charge is -1.97. The summed E-state index contributed by atoms with van der Waals surface area (Å²) in [5.74, 6) is 0.0764. The second-order valence-electron chi connectivity index (χ2n) is 3.04. The van der Waals surface area contributed by atoms with E-state index in [-0.39, 0.29) is 0 Å². The number of alkyl halides is 6. The first kappa shape index (κ1) is 21.6. The molecule has 122 valence electrons. The number of halogens is 6. The molecule has 0 bridgehead atoms. The zero-order valence-electron chi connectivity index (χ0n) is 9.53. The molecule has 5 nitrogen and oxygen atoms in total. The average molecular weight is 352 g/mol. The van der Waals surface area contributed by atoms with Crippen molar-refractivity contribution in [2.24, 2.45) is 0 Å². The minimum absolute atomic E-state index is 1.42. The van der Waals surface area contributed by atoms with Gasteiger partial charge in [0.2, 0.25) is 0 Å². The van der Waals surface area contributed by atoms with Crippen LogP contribution in [0.5, 0.6) is 0 Å². The summed E-state index contributed by atoms with van der Waals surface area (Å²) in [4.78, 5) is 8.90. The highest BCUT2D eigenvalue weighted by molar-refractivity contribution is 7.99. The van der Waals surface area contributed by atoms with E-state index in [4.69, 9.17) is 22.9 Å². The summed E-state index contributed by atoms with van der Waals surface area (Å²) in [5, 5.41) is 7.12. The summed E-state index contributed by atoms with van der Waals surface area (Å²) in [6.07, 6.45) is -2.16. The molecule has 0 spiro atoms. The molecule has 1 fully saturated rings. The van der Waals surface area contributed by atoms with Gasteiger partial charge in [0.05, 0.1) is 0 Å². The first-order valence-corrected chi connectivity index (χ1v) is 7.20. The standard InChI is InChI=1S/C4H8S.C2HF3O2.CHF3O3S/c1-2-4-5-3-1;3-2(4,5)1(6)7;2-1(3,4)8(5,6)7/h1-4H2;(H,6,7);(H,5,6,7). The van der Waals surface area contributed by atoms with Crippen LogP contribution in [-0.4, -0.2) is 47.2 Å². The molecule has 0 radical (unpaired) electrons. The van der Waals surface area contributed by atoms with E-state index in [0.717, 1.165) is 0 Å². The molecule has 0 atom stereocenters. The monoisotopic (exact) mass is 352 g/mol. The molecule has 1 aliphatic heterocycles. The van der Waals surface area contributed by atoms with Crippen molar-refractivity contribution >= 4 is 27.8 Å². The normalized spacial score (nSPS) is 15.6. The summed E-state index contributed by atoms with van der Waals surface area (Å²) < 4.78 is 89.3. The van der Waals surface area contributed by atoms with Crippen molar-refractivity contribution in [1.29, 1.82) is 0 Å². The maximum Gasteiger partial charge on any atom is 0.522 e. The molecule has 0 aromatic heterocycles. The van der Waals surface area contributed by atoms with Crippen LogP contribution in [0.1, 0.15) is 12.8 Å². The molecule has 1 rings (SSSR count). The van der Waals surface area contributed by atoms with Crippen LogP contribution in [0, 0.1) is 0 Å². The maximum atomic E-state index is 10.7. The predicted octanol–water partition coefficient (Wildman–Crippen LogP) is 2.54. The fraction of sp³-hybridized carbons (Fsp3) is 0.857. The molecule has 0 amide bonds. The zero-order valence-corrected chi connectivity index (χ0v) is 11.2. The average Bonchev–Trinajstić information content (AvgIpc) is 2.70. The fourth-order valence-electron chi connectivity index (χ4n) is 0.510. The van der Waals surface area contributed by atoms with Gasteiger partial charge in [-0.1, -0.05) is 0 Å². The van der Waals surface area contributed by atoms with E-state index >= 15 is 0 Å². The molecule has 13 heteroatoms. The summed E-state index contributed by atoms with van der Waals surface area (Å²) in [6, 6.07) is 0. The number of carbonyl (C=O) groups is 1. The van der Waals surface area contributed by atoms with Crippen molar-refractivity contribution in [3.63, 3.8) is 0 Å². The molecule has 0 unspecified atom stereocenters. The molecular weight excluding hydrogens is 342 g/mol. The van der Waals surface area contributed by atoms with Gasteiger partial charge in [-0.25, -0.2) is 4.79 Å². The van der Waals surface area contributed by atoms with Gasteiger partial charge in [0.1, 0.15) is 0 Å². The van der Waals surface area contributed by atoms with Crippen LogP contribution in [-0.2, 0) is 14.9 Å². The number of carboxylic acids is 1. The number of carboxylic acid groups (broad SMARTS) is 1. The maximum absolute atomic E-state index is 10.7. The quantitative estimate of drug-likeness (QED) is 0.395. The Balaban J connectivity index is 0. The lowest BCUT2D eigenvalue weighted by atomic mass is 10.4. The molecule has 20 heavy (non-hydrogen) atoms. The van der Waals surface area contributed by atoms with Crippen LogP contribution < -0.4 is 0 Å². The third-order valence-corrected chi connectivity index (χ3v) is 3.10. The van der Waals surface area contributed by atoms with Crippen LogP contribution >= 0.6 is 11.8 Å². The van der Waals surface area contributed by atoms with Gasteiger partial charge in [-0.05, 0) is 24.3 Å². The van der Waals surface area contributed by atoms with Gasteiger partial charge in [0.15, 0.2) is 0 Å². The lowest BCUT2D eigenvalue weighted by Crippen LogP contribution is -2.21. The van der Waals surface area contributed by atoms with Gasteiger partial charge in [-0.15, -0.1) is 0 Å². The third kappa shape index (κ3) is 12.3. The Labute approximate surface area is 114 Å². The number of hydrogen-bond acceptors (Lipinski definition) is 4. The first-order chi connectivity index (χ1) is 8.69. The SMILES string of the molecule is C1CCSC1.O=C(O)C(F)(F)F.O=S(=O)(O)C(F)(F)F. The van der Waals surface area contributed by atoms with Crippen molar-refractivity contribution < 1.29 is 49.2 Å². The molecule has 1 saturated heterocycles. The van der Waals surface area contributed by atoms with Crippen molar-refractivity contribution in [2.45, 2.75) is 24.5 Å². The zero-order chi connectivity index (χ0) is 16.6. The molecule has 0 saturated carbocycles. The van der Waals surface area contributed by atoms with E-state index in [2.05, 4.69) is 11.8 Å². The number of rotatable bonds is 0. The van der Waals surface area contributed by atoms with Crippen molar-refractivity contribution in [2.75, 3.05) is 11.5 Å². The van der Waals surface area contributed by atoms with E-state index in [0.29, 0.717) is 0 Å². The van der Waals surface area contributed by atoms with Crippen LogP contribution in [0.15, 0.2) is 0 Å². The van der Waals surface area contributed by atoms with E-state index in [1.165, 1.54) is 24.3 Å². The van der Waals surface area contributed by atoms with Gasteiger partial charge in [-0.3, -0.25) is 4.55 Å². The van der Waals surface area contributed by atoms with Crippen molar-refractivity contribution in [1.82, 2.24) is 0 Å². The Hall–Kier alpha value is -0.690. The molecule has 2 N–H and O–H groups in total. The van der Waals surface area contributed by atoms with E-state index in [1.807, 2.05) is 0 Å². The van der Waals surface area contributed by atoms with Crippen molar-refractivity contribution in [3.05, 3.63) is 0 Å². The molecule has 1 heterocycles. The summed E-state index contributed by atoms with van der Waals surface area (Å²) in [5.41, 5.74) is -5.53. The van der Waals surface area contributed by atoms with Crippen LogP contribution in [0.3, 0.4) is 0 Å².